The first-order chi connectivity index (χ1) is 14.2. The highest BCUT2D eigenvalue weighted by Gasteiger charge is 2.34. The van der Waals surface area contributed by atoms with E-state index < -0.39 is 18.0 Å². The number of benzene rings is 1. The number of nitriles is 1. The van der Waals surface area contributed by atoms with Gasteiger partial charge in [0.25, 0.3) is 0 Å². The Bertz CT molecular complexity index is 944. The lowest BCUT2D eigenvalue weighted by molar-refractivity contribution is -0.141. The molecule has 0 bridgehead atoms. The van der Waals surface area contributed by atoms with E-state index in [0.29, 0.717) is 31.6 Å². The fraction of sp³-hybridized carbons (Fsp3) is 0.381. The molecule has 0 saturated carbocycles. The number of carbonyl (C=O) groups is 1. The van der Waals surface area contributed by atoms with E-state index in [2.05, 4.69) is 10.3 Å². The minimum Gasteiger partial charge on any atom is -0.389 e. The quantitative estimate of drug-likeness (QED) is 0.787. The molecule has 30 heavy (non-hydrogen) atoms. The lowest BCUT2D eigenvalue weighted by Gasteiger charge is -2.32. The van der Waals surface area contributed by atoms with Gasteiger partial charge in [-0.3, -0.25) is 4.79 Å². The Morgan fingerprint density at radius 3 is 2.40 bits per heavy atom. The van der Waals surface area contributed by atoms with Crippen molar-refractivity contribution in [1.29, 1.82) is 5.26 Å². The molecule has 6 nitrogen and oxygen atoms in total. The predicted octanol–water partition coefficient (Wildman–Crippen LogP) is 3.88. The first kappa shape index (κ1) is 21.6. The number of amides is 1. The first-order valence-electron chi connectivity index (χ1n) is 9.51. The molecule has 2 N–H and O–H groups in total. The van der Waals surface area contributed by atoms with E-state index in [1.165, 1.54) is 0 Å². The van der Waals surface area contributed by atoms with Crippen molar-refractivity contribution >= 4 is 17.4 Å². The summed E-state index contributed by atoms with van der Waals surface area (Å²) in [4.78, 5) is 17.8. The van der Waals surface area contributed by atoms with Crippen molar-refractivity contribution in [2.24, 2.45) is 5.92 Å². The standard InChI is InChI=1S/C21H21F3N4O2/c1-13(29)14-2-5-17(6-3-14)26-20(30)15-8-10-28(11-9-15)19-16(12-25)4-7-18(27-19)21(22,23)24/h2-7,13,15,29H,8-11H2,1H3,(H,26,30). The minimum atomic E-state index is -4.59. The summed E-state index contributed by atoms with van der Waals surface area (Å²) >= 11 is 0. The summed E-state index contributed by atoms with van der Waals surface area (Å²) in [5, 5.41) is 21.6. The zero-order valence-corrected chi connectivity index (χ0v) is 16.3. The van der Waals surface area contributed by atoms with Crippen LogP contribution in [-0.2, 0) is 11.0 Å². The van der Waals surface area contributed by atoms with E-state index in [4.69, 9.17) is 0 Å². The third-order valence-corrected chi connectivity index (χ3v) is 5.11. The molecule has 0 radical (unpaired) electrons. The summed E-state index contributed by atoms with van der Waals surface area (Å²) in [5.74, 6) is -0.467. The number of halogens is 3. The number of nitrogens with one attached hydrogen (secondary N) is 1. The van der Waals surface area contributed by atoms with Gasteiger partial charge in [0.15, 0.2) is 0 Å². The molecular formula is C21H21F3N4O2. The Morgan fingerprint density at radius 1 is 1.23 bits per heavy atom. The van der Waals surface area contributed by atoms with Gasteiger partial charge in [0.2, 0.25) is 5.91 Å². The number of carbonyl (C=O) groups excluding carboxylic acids is 1. The van der Waals surface area contributed by atoms with Crippen molar-refractivity contribution in [3.05, 3.63) is 53.2 Å². The SMILES string of the molecule is CC(O)c1ccc(NC(=O)C2CCN(c3nc(C(F)(F)F)ccc3C#N)CC2)cc1. The van der Waals surface area contributed by atoms with E-state index in [1.807, 2.05) is 6.07 Å². The Balaban J connectivity index is 1.64. The molecule has 1 amide bonds. The third kappa shape index (κ3) is 4.89. The maximum atomic E-state index is 13.0. The molecule has 1 fully saturated rings. The topological polar surface area (TPSA) is 89.2 Å². The number of hydrogen-bond donors (Lipinski definition) is 2. The number of aliphatic hydroxyl groups excluding tert-OH is 1. The molecule has 3 rings (SSSR count). The Hall–Kier alpha value is -3.12. The predicted molar refractivity (Wildman–Crippen MR) is 105 cm³/mol. The van der Waals surface area contributed by atoms with Crippen molar-refractivity contribution in [2.45, 2.75) is 32.0 Å². The lowest BCUT2D eigenvalue weighted by atomic mass is 9.95. The van der Waals surface area contributed by atoms with Crippen molar-refractivity contribution < 1.29 is 23.1 Å². The van der Waals surface area contributed by atoms with E-state index in [9.17, 15) is 28.3 Å². The fourth-order valence-corrected chi connectivity index (χ4v) is 3.38. The third-order valence-electron chi connectivity index (χ3n) is 5.11. The van der Waals surface area contributed by atoms with Crippen LogP contribution in [0.1, 0.15) is 42.7 Å². The van der Waals surface area contributed by atoms with Crippen LogP contribution < -0.4 is 10.2 Å². The zero-order chi connectivity index (χ0) is 21.9. The Labute approximate surface area is 172 Å². The second-order valence-electron chi connectivity index (χ2n) is 7.23. The summed E-state index contributed by atoms with van der Waals surface area (Å²) in [6, 6.07) is 10.7. The van der Waals surface area contributed by atoms with Gasteiger partial charge in [0.1, 0.15) is 17.6 Å². The maximum absolute atomic E-state index is 13.0. The van der Waals surface area contributed by atoms with Gasteiger partial charge >= 0.3 is 6.18 Å². The maximum Gasteiger partial charge on any atom is 0.433 e. The summed E-state index contributed by atoms with van der Waals surface area (Å²) in [6.07, 6.45) is -4.33. The summed E-state index contributed by atoms with van der Waals surface area (Å²) in [7, 11) is 0. The lowest BCUT2D eigenvalue weighted by Crippen LogP contribution is -2.39. The Morgan fingerprint density at radius 2 is 1.87 bits per heavy atom. The van der Waals surface area contributed by atoms with Gasteiger partial charge in [0, 0.05) is 24.7 Å². The van der Waals surface area contributed by atoms with Gasteiger partial charge in [0.05, 0.1) is 11.7 Å². The summed E-state index contributed by atoms with van der Waals surface area (Å²) in [5.41, 5.74) is 0.377. The molecule has 1 saturated heterocycles. The molecule has 1 aromatic carbocycles. The smallest absolute Gasteiger partial charge is 0.389 e. The highest BCUT2D eigenvalue weighted by atomic mass is 19.4. The number of aliphatic hydroxyl groups is 1. The van der Waals surface area contributed by atoms with E-state index >= 15 is 0 Å². The highest BCUT2D eigenvalue weighted by Crippen LogP contribution is 2.32. The van der Waals surface area contributed by atoms with Crippen LogP contribution in [0.5, 0.6) is 0 Å². The average Bonchev–Trinajstić information content (AvgIpc) is 2.73. The van der Waals surface area contributed by atoms with Crippen molar-refractivity contribution in [2.75, 3.05) is 23.3 Å². The van der Waals surface area contributed by atoms with Gasteiger partial charge in [-0.25, -0.2) is 4.98 Å². The number of aromatic nitrogens is 1. The van der Waals surface area contributed by atoms with Crippen LogP contribution in [0.3, 0.4) is 0 Å². The van der Waals surface area contributed by atoms with Crippen LogP contribution in [0.15, 0.2) is 36.4 Å². The number of anilines is 2. The molecule has 0 spiro atoms. The van der Waals surface area contributed by atoms with Crippen LogP contribution in [0.4, 0.5) is 24.7 Å². The molecule has 2 aromatic rings. The van der Waals surface area contributed by atoms with Crippen LogP contribution in [0.2, 0.25) is 0 Å². The fourth-order valence-electron chi connectivity index (χ4n) is 3.38. The van der Waals surface area contributed by atoms with E-state index in [1.54, 1.807) is 36.1 Å². The van der Waals surface area contributed by atoms with E-state index in [0.717, 1.165) is 17.7 Å². The van der Waals surface area contributed by atoms with Gasteiger partial charge in [-0.05, 0) is 49.6 Å². The van der Waals surface area contributed by atoms with Crippen LogP contribution in [0, 0.1) is 17.2 Å². The minimum absolute atomic E-state index is 0.0000970. The van der Waals surface area contributed by atoms with E-state index in [-0.39, 0.29) is 23.2 Å². The molecule has 2 heterocycles. The van der Waals surface area contributed by atoms with Gasteiger partial charge in [-0.2, -0.15) is 18.4 Å². The van der Waals surface area contributed by atoms with Gasteiger partial charge < -0.3 is 15.3 Å². The number of hydrogen-bond acceptors (Lipinski definition) is 5. The molecule has 9 heteroatoms. The summed E-state index contributed by atoms with van der Waals surface area (Å²) < 4.78 is 39.0. The zero-order valence-electron chi connectivity index (χ0n) is 16.3. The molecule has 1 aliphatic rings. The van der Waals surface area contributed by atoms with Crippen molar-refractivity contribution in [3.8, 4) is 6.07 Å². The summed E-state index contributed by atoms with van der Waals surface area (Å²) in [6.45, 7) is 2.29. The average molecular weight is 418 g/mol. The second kappa shape index (κ2) is 8.71. The van der Waals surface area contributed by atoms with Crippen molar-refractivity contribution in [1.82, 2.24) is 4.98 Å². The first-order valence-corrected chi connectivity index (χ1v) is 9.51. The molecule has 158 valence electrons. The molecule has 1 aromatic heterocycles. The molecule has 1 atom stereocenters. The molecular weight excluding hydrogens is 397 g/mol. The molecule has 1 unspecified atom stereocenters. The number of piperidine rings is 1. The number of pyridine rings is 1. The van der Waals surface area contributed by atoms with Crippen molar-refractivity contribution in [3.63, 3.8) is 0 Å². The van der Waals surface area contributed by atoms with Crippen LogP contribution >= 0.6 is 0 Å². The Kier molecular flexibility index (Phi) is 6.27. The molecule has 0 aliphatic carbocycles. The van der Waals surface area contributed by atoms with Gasteiger partial charge in [-0.1, -0.05) is 12.1 Å². The number of alkyl halides is 3. The normalized spacial score (nSPS) is 16.1. The highest BCUT2D eigenvalue weighted by molar-refractivity contribution is 5.92. The number of nitrogens with zero attached hydrogens (tertiary/aromatic N) is 3. The van der Waals surface area contributed by atoms with Crippen LogP contribution in [-0.4, -0.2) is 29.1 Å². The van der Waals surface area contributed by atoms with Crippen LogP contribution in [0.25, 0.3) is 0 Å². The van der Waals surface area contributed by atoms with Gasteiger partial charge in [-0.15, -0.1) is 0 Å². The second-order valence-corrected chi connectivity index (χ2v) is 7.23. The molecule has 1 aliphatic heterocycles. The monoisotopic (exact) mass is 418 g/mol. The largest absolute Gasteiger partial charge is 0.433 e. The number of rotatable bonds is 4.